The van der Waals surface area contributed by atoms with Gasteiger partial charge in [-0.25, -0.2) is 0 Å². The molecule has 0 fully saturated rings. The molecule has 1 aromatic rings. The maximum atomic E-state index is 10.2. The lowest BCUT2D eigenvalue weighted by molar-refractivity contribution is 0.121. The summed E-state index contributed by atoms with van der Waals surface area (Å²) >= 11 is 0. The summed E-state index contributed by atoms with van der Waals surface area (Å²) in [6.45, 7) is 6.02. The first-order valence-electron chi connectivity index (χ1n) is 6.84. The zero-order chi connectivity index (χ0) is 17.5. The highest BCUT2D eigenvalue weighted by Gasteiger charge is 2.20. The van der Waals surface area contributed by atoms with Crippen molar-refractivity contribution in [1.82, 2.24) is 5.32 Å². The summed E-state index contributed by atoms with van der Waals surface area (Å²) in [5.41, 5.74) is 0.598. The van der Waals surface area contributed by atoms with Crippen LogP contribution in [0.25, 0.3) is 0 Å². The van der Waals surface area contributed by atoms with Crippen LogP contribution in [0.2, 0.25) is 0 Å². The number of nitrogens with one attached hydrogen (secondary N) is 1. The van der Waals surface area contributed by atoms with E-state index >= 15 is 0 Å². The second kappa shape index (κ2) is 8.94. The summed E-state index contributed by atoms with van der Waals surface area (Å²) in [6, 6.07) is 4.60. The Morgan fingerprint density at radius 1 is 1.18 bits per heavy atom. The van der Waals surface area contributed by atoms with Crippen LogP contribution in [0, 0.1) is 0 Å². The number of aliphatic hydroxyl groups is 1. The van der Waals surface area contributed by atoms with Crippen molar-refractivity contribution in [3.63, 3.8) is 0 Å². The van der Waals surface area contributed by atoms with Crippen LogP contribution in [0.5, 0.6) is 11.5 Å². The Hall–Kier alpha value is -1.35. The van der Waals surface area contributed by atoms with E-state index in [2.05, 4.69) is 5.32 Å². The molecule has 0 aliphatic heterocycles. The van der Waals surface area contributed by atoms with Crippen molar-refractivity contribution < 1.29 is 28.3 Å². The van der Waals surface area contributed by atoms with E-state index < -0.39 is 16.2 Å². The van der Waals surface area contributed by atoms with Crippen LogP contribution in [0.15, 0.2) is 18.2 Å². The Balaban J connectivity index is 0.000000763. The van der Waals surface area contributed by atoms with E-state index in [0.29, 0.717) is 11.8 Å². The summed E-state index contributed by atoms with van der Waals surface area (Å²) in [6.07, 6.45) is 0.794. The molecule has 0 aromatic heterocycles. The number of hydrogen-bond donors (Lipinski definition) is 5. The quantitative estimate of drug-likeness (QED) is 0.407. The molecule has 128 valence electrons. The van der Waals surface area contributed by atoms with Gasteiger partial charge in [-0.1, -0.05) is 26.8 Å². The molecule has 0 saturated carbocycles. The molecule has 7 nitrogen and oxygen atoms in total. The molecule has 1 aromatic carbocycles. The lowest BCUT2D eigenvalue weighted by Gasteiger charge is -2.25. The Labute approximate surface area is 131 Å². The Bertz CT molecular complexity index is 550. The molecule has 0 heterocycles. The maximum Gasteiger partial charge on any atom is 0.261 e. The van der Waals surface area contributed by atoms with Crippen molar-refractivity contribution in [2.45, 2.75) is 45.4 Å². The van der Waals surface area contributed by atoms with Gasteiger partial charge in [0.1, 0.15) is 0 Å². The zero-order valence-corrected chi connectivity index (χ0v) is 14.0. The topological polar surface area (TPSA) is 127 Å². The smallest absolute Gasteiger partial charge is 0.261 e. The molecule has 22 heavy (non-hydrogen) atoms. The van der Waals surface area contributed by atoms with Crippen LogP contribution in [0.1, 0.15) is 38.9 Å². The lowest BCUT2D eigenvalue weighted by Crippen LogP contribution is -2.38. The Morgan fingerprint density at radius 2 is 1.68 bits per heavy atom. The van der Waals surface area contributed by atoms with Crippen molar-refractivity contribution in [3.05, 3.63) is 23.8 Å². The molecular formula is C14H25NO6S. The molecule has 5 N–H and O–H groups in total. The van der Waals surface area contributed by atoms with Gasteiger partial charge >= 0.3 is 0 Å². The first kappa shape index (κ1) is 20.6. The molecule has 2 atom stereocenters. The molecule has 0 bridgehead atoms. The van der Waals surface area contributed by atoms with Gasteiger partial charge in [-0.05, 0) is 24.1 Å². The minimum absolute atomic E-state index is 0.0704. The van der Waals surface area contributed by atoms with Crippen molar-refractivity contribution in [3.8, 4) is 11.5 Å². The van der Waals surface area contributed by atoms with Crippen molar-refractivity contribution in [2.24, 2.45) is 0 Å². The first-order valence-corrected chi connectivity index (χ1v) is 8.69. The SMILES string of the molecule is CCC(NC(C)C)C(O)c1ccc(O)c(O)c1.CS(=O)(=O)O. The maximum absolute atomic E-state index is 10.2. The van der Waals surface area contributed by atoms with Crippen molar-refractivity contribution in [2.75, 3.05) is 6.26 Å². The number of phenolic OH excluding ortho intramolecular Hbond substituents is 2. The fourth-order valence-electron chi connectivity index (χ4n) is 1.82. The van der Waals surface area contributed by atoms with Crippen molar-refractivity contribution in [1.29, 1.82) is 0 Å². The van der Waals surface area contributed by atoms with E-state index in [1.165, 1.54) is 12.1 Å². The highest BCUT2D eigenvalue weighted by Crippen LogP contribution is 2.29. The zero-order valence-electron chi connectivity index (χ0n) is 13.2. The summed E-state index contributed by atoms with van der Waals surface area (Å²) < 4.78 is 25.9. The monoisotopic (exact) mass is 335 g/mol. The lowest BCUT2D eigenvalue weighted by atomic mass is 9.99. The van der Waals surface area contributed by atoms with Crippen LogP contribution >= 0.6 is 0 Å². The number of hydrogen-bond acceptors (Lipinski definition) is 6. The van der Waals surface area contributed by atoms with Crippen LogP contribution in [-0.2, 0) is 10.1 Å². The van der Waals surface area contributed by atoms with Gasteiger partial charge in [0.2, 0.25) is 0 Å². The van der Waals surface area contributed by atoms with Crippen LogP contribution in [0.3, 0.4) is 0 Å². The van der Waals surface area contributed by atoms with Crippen LogP contribution in [0.4, 0.5) is 0 Å². The van der Waals surface area contributed by atoms with E-state index in [4.69, 9.17) is 4.55 Å². The summed E-state index contributed by atoms with van der Waals surface area (Å²) in [5.74, 6) is -0.383. The second-order valence-electron chi connectivity index (χ2n) is 5.26. The second-order valence-corrected chi connectivity index (χ2v) is 6.73. The van der Waals surface area contributed by atoms with Crippen molar-refractivity contribution >= 4 is 10.1 Å². The third kappa shape index (κ3) is 8.83. The molecular weight excluding hydrogens is 310 g/mol. The summed E-state index contributed by atoms with van der Waals surface area (Å²) in [4.78, 5) is 0. The predicted molar refractivity (Wildman–Crippen MR) is 84.6 cm³/mol. The number of rotatable bonds is 5. The van der Waals surface area contributed by atoms with Gasteiger partial charge in [-0.2, -0.15) is 8.42 Å². The molecule has 0 aliphatic rings. The van der Waals surface area contributed by atoms with E-state index in [1.54, 1.807) is 6.07 Å². The van der Waals surface area contributed by atoms with E-state index in [-0.39, 0.29) is 23.6 Å². The normalized spacial score (nSPS) is 14.1. The average Bonchev–Trinajstić information content (AvgIpc) is 2.36. The number of phenols is 2. The number of aromatic hydroxyl groups is 2. The number of aliphatic hydroxyl groups excluding tert-OH is 1. The molecule has 0 radical (unpaired) electrons. The van der Waals surface area contributed by atoms with Gasteiger partial charge in [0, 0.05) is 12.1 Å². The third-order valence-corrected chi connectivity index (χ3v) is 2.71. The highest BCUT2D eigenvalue weighted by atomic mass is 32.2. The highest BCUT2D eigenvalue weighted by molar-refractivity contribution is 7.85. The van der Waals surface area contributed by atoms with Gasteiger partial charge < -0.3 is 20.6 Å². The summed E-state index contributed by atoms with van der Waals surface area (Å²) in [5, 5.41) is 32.1. The molecule has 0 aliphatic carbocycles. The van der Waals surface area contributed by atoms with E-state index in [1.807, 2.05) is 20.8 Å². The van der Waals surface area contributed by atoms with E-state index in [9.17, 15) is 23.7 Å². The standard InChI is InChI=1S/C13H21NO3.CH4O3S/c1-4-10(14-8(2)3)13(17)9-5-6-11(15)12(16)7-9;1-5(2,3)4/h5-8,10,13-17H,4H2,1-3H3;1H3,(H,2,3,4). The fourth-order valence-corrected chi connectivity index (χ4v) is 1.82. The average molecular weight is 335 g/mol. The van der Waals surface area contributed by atoms with Crippen LogP contribution in [-0.4, -0.2) is 46.6 Å². The predicted octanol–water partition coefficient (Wildman–Crippen LogP) is 1.41. The molecule has 2 unspecified atom stereocenters. The van der Waals surface area contributed by atoms with Gasteiger partial charge in [0.15, 0.2) is 11.5 Å². The third-order valence-electron chi connectivity index (χ3n) is 2.71. The van der Waals surface area contributed by atoms with Gasteiger partial charge in [0.25, 0.3) is 10.1 Å². The van der Waals surface area contributed by atoms with E-state index in [0.717, 1.165) is 6.42 Å². The molecule has 8 heteroatoms. The van der Waals surface area contributed by atoms with Gasteiger partial charge in [-0.3, -0.25) is 4.55 Å². The molecule has 0 spiro atoms. The number of benzene rings is 1. The Kier molecular flexibility index (Phi) is 8.39. The largest absolute Gasteiger partial charge is 0.504 e. The minimum atomic E-state index is -3.67. The Morgan fingerprint density at radius 3 is 2.05 bits per heavy atom. The fraction of sp³-hybridized carbons (Fsp3) is 0.571. The molecule has 0 amide bonds. The van der Waals surface area contributed by atoms with Gasteiger partial charge in [-0.15, -0.1) is 0 Å². The first-order chi connectivity index (χ1) is 9.95. The molecule has 0 saturated heterocycles. The molecule has 1 rings (SSSR count). The van der Waals surface area contributed by atoms with Crippen LogP contribution < -0.4 is 5.32 Å². The minimum Gasteiger partial charge on any atom is -0.504 e. The summed E-state index contributed by atoms with van der Waals surface area (Å²) in [7, 11) is -3.67. The van der Waals surface area contributed by atoms with Gasteiger partial charge in [0.05, 0.1) is 12.4 Å².